The fraction of sp³-hybridized carbons (Fsp3) is 0. The molecular weight excluding hydrogens is 167 g/mol. The van der Waals surface area contributed by atoms with Gasteiger partial charge in [0.2, 0.25) is 0 Å². The summed E-state index contributed by atoms with van der Waals surface area (Å²) in [5.74, 6) is 0. The number of hydrogen-bond donors (Lipinski definition) is 2. The van der Waals surface area contributed by atoms with Gasteiger partial charge < -0.3 is 9.90 Å². The number of hydrogen-bond acceptors (Lipinski definition) is 3. The Morgan fingerprint density at radius 1 is 1.25 bits per heavy atom. The summed E-state index contributed by atoms with van der Waals surface area (Å²) < 4.78 is 0. The molecule has 0 radical (unpaired) electrons. The van der Waals surface area contributed by atoms with Gasteiger partial charge >= 0.3 is 29.6 Å². The Labute approximate surface area is 92.2 Å². The number of amides is 1. The molecule has 2 N–H and O–H groups in total. The van der Waals surface area contributed by atoms with Crippen LogP contribution in [0.1, 0.15) is 0 Å². The van der Waals surface area contributed by atoms with Gasteiger partial charge in [0.1, 0.15) is 0 Å². The van der Waals surface area contributed by atoms with E-state index in [9.17, 15) is 9.90 Å². The summed E-state index contributed by atoms with van der Waals surface area (Å²) in [4.78, 5) is 9.89. The van der Waals surface area contributed by atoms with E-state index in [-0.39, 0.29) is 29.6 Å². The minimum Gasteiger partial charge on any atom is -0.529 e. The molecule has 58 valence electrons. The monoisotopic (exact) mass is 174 g/mol. The fourth-order valence-electron chi connectivity index (χ4n) is 0.645. The van der Waals surface area contributed by atoms with Crippen LogP contribution in [0.5, 0.6) is 0 Å². The third-order valence-electron chi connectivity index (χ3n) is 1.08. The van der Waals surface area contributed by atoms with Crippen molar-refractivity contribution >= 4 is 11.8 Å². The SMILES string of the molecule is O=C([O-])NNc1ccccc1.[Na+]. The summed E-state index contributed by atoms with van der Waals surface area (Å²) in [5, 5.41) is 9.89. The molecule has 1 aromatic carbocycles. The molecule has 0 atom stereocenters. The number of carboxylic acid groups (broad SMARTS) is 1. The van der Waals surface area contributed by atoms with Crippen molar-refractivity contribution in [3.8, 4) is 0 Å². The van der Waals surface area contributed by atoms with Crippen LogP contribution in [-0.2, 0) is 0 Å². The van der Waals surface area contributed by atoms with Crippen LogP contribution in [0.4, 0.5) is 10.5 Å². The van der Waals surface area contributed by atoms with Gasteiger partial charge in [-0.25, -0.2) is 0 Å². The van der Waals surface area contributed by atoms with Gasteiger partial charge in [-0.15, -0.1) is 0 Å². The molecule has 0 aromatic heterocycles. The van der Waals surface area contributed by atoms with Crippen molar-refractivity contribution < 1.29 is 39.5 Å². The largest absolute Gasteiger partial charge is 1.00 e. The first kappa shape index (κ1) is 11.3. The first-order valence-corrected chi connectivity index (χ1v) is 3.07. The van der Waals surface area contributed by atoms with Gasteiger partial charge in [0.25, 0.3) is 0 Å². The van der Waals surface area contributed by atoms with Crippen LogP contribution in [0.3, 0.4) is 0 Å². The quantitative estimate of drug-likeness (QED) is 0.370. The standard InChI is InChI=1S/C7H8N2O2.Na/c10-7(11)9-8-6-4-2-1-3-5-6;/h1-5,8-9H,(H,10,11);/q;+1/p-1. The Morgan fingerprint density at radius 3 is 2.33 bits per heavy atom. The summed E-state index contributed by atoms with van der Waals surface area (Å²) >= 11 is 0. The van der Waals surface area contributed by atoms with Crippen molar-refractivity contribution in [1.82, 2.24) is 5.43 Å². The second-order valence-electron chi connectivity index (χ2n) is 1.90. The molecule has 0 bridgehead atoms. The molecular formula is C7H7N2NaO2. The molecule has 4 nitrogen and oxygen atoms in total. The second kappa shape index (κ2) is 5.88. The zero-order chi connectivity index (χ0) is 8.10. The van der Waals surface area contributed by atoms with Crippen molar-refractivity contribution in [2.45, 2.75) is 0 Å². The van der Waals surface area contributed by atoms with Gasteiger partial charge in [0.15, 0.2) is 6.09 Å². The molecule has 1 rings (SSSR count). The van der Waals surface area contributed by atoms with Gasteiger partial charge in [0, 0.05) is 0 Å². The molecule has 0 saturated carbocycles. The number of benzene rings is 1. The van der Waals surface area contributed by atoms with E-state index in [1.807, 2.05) is 11.5 Å². The van der Waals surface area contributed by atoms with Gasteiger partial charge in [-0.2, -0.15) is 0 Å². The van der Waals surface area contributed by atoms with Gasteiger partial charge in [-0.3, -0.25) is 10.9 Å². The van der Waals surface area contributed by atoms with E-state index < -0.39 is 6.09 Å². The van der Waals surface area contributed by atoms with Gasteiger partial charge in [0.05, 0.1) is 5.69 Å². The molecule has 0 fully saturated rings. The smallest absolute Gasteiger partial charge is 0.529 e. The fourth-order valence-corrected chi connectivity index (χ4v) is 0.645. The number of rotatable bonds is 2. The first-order chi connectivity index (χ1) is 5.29. The van der Waals surface area contributed by atoms with Crippen LogP contribution in [-0.4, -0.2) is 6.09 Å². The number of hydrazine groups is 1. The number of para-hydroxylation sites is 1. The van der Waals surface area contributed by atoms with Gasteiger partial charge in [-0.05, 0) is 12.1 Å². The zero-order valence-corrected chi connectivity index (χ0v) is 8.70. The zero-order valence-electron chi connectivity index (χ0n) is 6.70. The molecule has 0 heterocycles. The molecule has 0 saturated heterocycles. The average Bonchev–Trinajstić information content (AvgIpc) is 2.03. The summed E-state index contributed by atoms with van der Waals surface area (Å²) in [6, 6.07) is 8.88. The summed E-state index contributed by atoms with van der Waals surface area (Å²) in [6.45, 7) is 0. The van der Waals surface area contributed by atoms with Gasteiger partial charge in [-0.1, -0.05) is 18.2 Å². The third-order valence-corrected chi connectivity index (χ3v) is 1.08. The summed E-state index contributed by atoms with van der Waals surface area (Å²) in [7, 11) is 0. The maximum absolute atomic E-state index is 9.89. The summed E-state index contributed by atoms with van der Waals surface area (Å²) in [6.07, 6.45) is -1.35. The molecule has 0 unspecified atom stereocenters. The second-order valence-corrected chi connectivity index (χ2v) is 1.90. The van der Waals surface area contributed by atoms with E-state index in [0.29, 0.717) is 5.69 Å². The van der Waals surface area contributed by atoms with Crippen LogP contribution in [0.15, 0.2) is 30.3 Å². The molecule has 0 aliphatic carbocycles. The van der Waals surface area contributed by atoms with Crippen LogP contribution in [0, 0.1) is 0 Å². The number of nitrogens with one attached hydrogen (secondary N) is 2. The maximum atomic E-state index is 9.89. The van der Waals surface area contributed by atoms with Crippen molar-refractivity contribution in [3.05, 3.63) is 30.3 Å². The van der Waals surface area contributed by atoms with Crippen molar-refractivity contribution in [1.29, 1.82) is 0 Å². The van der Waals surface area contributed by atoms with Crippen molar-refractivity contribution in [2.24, 2.45) is 0 Å². The van der Waals surface area contributed by atoms with Crippen LogP contribution in [0.2, 0.25) is 0 Å². The Hall–Kier alpha value is -0.710. The number of carbonyl (C=O) groups excluding carboxylic acids is 1. The topological polar surface area (TPSA) is 64.2 Å². The van der Waals surface area contributed by atoms with Crippen LogP contribution < -0.4 is 45.5 Å². The average molecular weight is 174 g/mol. The molecule has 0 spiro atoms. The predicted octanol–water partition coefficient (Wildman–Crippen LogP) is -3.05. The van der Waals surface area contributed by atoms with Crippen molar-refractivity contribution in [3.63, 3.8) is 0 Å². The Balaban J connectivity index is 0.00000121. The Bertz CT molecular complexity index is 240. The number of carbonyl (C=O) groups is 1. The number of anilines is 1. The summed E-state index contributed by atoms with van der Waals surface area (Å²) in [5.41, 5.74) is 5.03. The van der Waals surface area contributed by atoms with E-state index in [1.165, 1.54) is 0 Å². The molecule has 0 aliphatic rings. The van der Waals surface area contributed by atoms with Crippen LogP contribution >= 0.6 is 0 Å². The Kier molecular flexibility index (Phi) is 5.53. The molecule has 5 heteroatoms. The molecule has 0 aliphatic heterocycles. The normalized spacial score (nSPS) is 8.00. The Morgan fingerprint density at radius 2 is 1.83 bits per heavy atom. The van der Waals surface area contributed by atoms with E-state index in [2.05, 4.69) is 5.43 Å². The van der Waals surface area contributed by atoms with Crippen LogP contribution in [0.25, 0.3) is 0 Å². The third kappa shape index (κ3) is 4.23. The van der Waals surface area contributed by atoms with E-state index in [4.69, 9.17) is 0 Å². The van der Waals surface area contributed by atoms with E-state index in [1.54, 1.807) is 24.3 Å². The van der Waals surface area contributed by atoms with Crippen molar-refractivity contribution in [2.75, 3.05) is 5.43 Å². The minimum atomic E-state index is -1.35. The first-order valence-electron chi connectivity index (χ1n) is 3.07. The maximum Gasteiger partial charge on any atom is 1.00 e. The van der Waals surface area contributed by atoms with E-state index >= 15 is 0 Å². The van der Waals surface area contributed by atoms with E-state index in [0.717, 1.165) is 0 Å². The molecule has 12 heavy (non-hydrogen) atoms. The minimum absolute atomic E-state index is 0. The predicted molar refractivity (Wildman–Crippen MR) is 38.6 cm³/mol. The molecule has 1 aromatic rings. The molecule has 1 amide bonds.